The number of nitrogens with zero attached hydrogens (tertiary/aromatic N) is 1. The smallest absolute Gasteiger partial charge is 0.399 e. The molecule has 2 heterocycles. The third kappa shape index (κ3) is 2.88. The van der Waals surface area contributed by atoms with E-state index in [-0.39, 0.29) is 18.3 Å². The van der Waals surface area contributed by atoms with Gasteiger partial charge in [-0.2, -0.15) is 0 Å². The summed E-state index contributed by atoms with van der Waals surface area (Å²) >= 11 is 0. The van der Waals surface area contributed by atoms with Crippen LogP contribution in [0.15, 0.2) is 48.5 Å². The molecule has 0 aromatic heterocycles. The molecule has 0 radical (unpaired) electrons. The second kappa shape index (κ2) is 5.89. The third-order valence-electron chi connectivity index (χ3n) is 5.88. The van der Waals surface area contributed by atoms with Crippen LogP contribution in [0, 0.1) is 0 Å². The first-order valence-corrected chi connectivity index (χ1v) is 9.14. The molecule has 130 valence electrons. The summed E-state index contributed by atoms with van der Waals surface area (Å²) in [4.78, 5) is 2.46. The SMILES string of the molecule is CC1(C)OB(c2cccc3c2CCN3Cc2ccccc2)OC1(C)C. The van der Waals surface area contributed by atoms with Crippen molar-refractivity contribution < 1.29 is 9.31 Å². The second-order valence-corrected chi connectivity index (χ2v) is 8.09. The van der Waals surface area contributed by atoms with Gasteiger partial charge in [-0.05, 0) is 56.8 Å². The first-order chi connectivity index (χ1) is 11.9. The maximum atomic E-state index is 6.29. The zero-order chi connectivity index (χ0) is 17.7. The zero-order valence-electron chi connectivity index (χ0n) is 15.6. The molecule has 1 fully saturated rings. The highest BCUT2D eigenvalue weighted by Crippen LogP contribution is 2.38. The summed E-state index contributed by atoms with van der Waals surface area (Å²) in [6, 6.07) is 17.2. The van der Waals surface area contributed by atoms with Crippen LogP contribution >= 0.6 is 0 Å². The van der Waals surface area contributed by atoms with Gasteiger partial charge in [-0.15, -0.1) is 0 Å². The Morgan fingerprint density at radius 1 is 0.920 bits per heavy atom. The van der Waals surface area contributed by atoms with Crippen molar-refractivity contribution in [2.24, 2.45) is 0 Å². The van der Waals surface area contributed by atoms with E-state index < -0.39 is 0 Å². The van der Waals surface area contributed by atoms with Crippen LogP contribution in [-0.4, -0.2) is 24.9 Å². The highest BCUT2D eigenvalue weighted by atomic mass is 16.7. The second-order valence-electron chi connectivity index (χ2n) is 8.09. The Kier molecular flexibility index (Phi) is 3.93. The van der Waals surface area contributed by atoms with Crippen molar-refractivity contribution in [3.8, 4) is 0 Å². The van der Waals surface area contributed by atoms with E-state index in [1.54, 1.807) is 0 Å². The minimum absolute atomic E-state index is 0.281. The Morgan fingerprint density at radius 3 is 2.28 bits per heavy atom. The maximum absolute atomic E-state index is 6.29. The number of rotatable bonds is 3. The summed E-state index contributed by atoms with van der Waals surface area (Å²) < 4.78 is 12.6. The normalized spacial score (nSPS) is 20.8. The summed E-state index contributed by atoms with van der Waals surface area (Å²) in [5.74, 6) is 0. The van der Waals surface area contributed by atoms with Gasteiger partial charge in [-0.3, -0.25) is 0 Å². The molecule has 0 saturated carbocycles. The predicted molar refractivity (Wildman–Crippen MR) is 103 cm³/mol. The van der Waals surface area contributed by atoms with Crippen LogP contribution in [0.1, 0.15) is 38.8 Å². The lowest BCUT2D eigenvalue weighted by molar-refractivity contribution is 0.00578. The quantitative estimate of drug-likeness (QED) is 0.801. The van der Waals surface area contributed by atoms with Gasteiger partial charge in [-0.1, -0.05) is 42.5 Å². The van der Waals surface area contributed by atoms with Crippen molar-refractivity contribution in [2.75, 3.05) is 11.4 Å². The van der Waals surface area contributed by atoms with Crippen LogP contribution in [0.2, 0.25) is 0 Å². The molecular formula is C21H26BNO2. The molecule has 2 aliphatic heterocycles. The van der Waals surface area contributed by atoms with Gasteiger partial charge in [0.05, 0.1) is 11.2 Å². The summed E-state index contributed by atoms with van der Waals surface area (Å²) in [7, 11) is -0.281. The van der Waals surface area contributed by atoms with Crippen molar-refractivity contribution in [1.82, 2.24) is 0 Å². The van der Waals surface area contributed by atoms with Crippen molar-refractivity contribution in [2.45, 2.75) is 51.9 Å². The highest BCUT2D eigenvalue weighted by molar-refractivity contribution is 6.62. The molecule has 2 aliphatic rings. The van der Waals surface area contributed by atoms with Crippen LogP contribution in [0.25, 0.3) is 0 Å². The Morgan fingerprint density at radius 2 is 1.60 bits per heavy atom. The van der Waals surface area contributed by atoms with Gasteiger partial charge in [-0.25, -0.2) is 0 Å². The molecule has 0 spiro atoms. The fourth-order valence-electron chi connectivity index (χ4n) is 3.69. The largest absolute Gasteiger partial charge is 0.495 e. The molecule has 0 atom stereocenters. The van der Waals surface area contributed by atoms with Gasteiger partial charge in [0.15, 0.2) is 0 Å². The number of anilines is 1. The minimum Gasteiger partial charge on any atom is -0.399 e. The molecule has 2 aromatic carbocycles. The van der Waals surface area contributed by atoms with Crippen molar-refractivity contribution in [3.63, 3.8) is 0 Å². The topological polar surface area (TPSA) is 21.7 Å². The number of hydrogen-bond donors (Lipinski definition) is 0. The predicted octanol–water partition coefficient (Wildman–Crippen LogP) is 3.55. The van der Waals surface area contributed by atoms with E-state index in [0.29, 0.717) is 0 Å². The summed E-state index contributed by atoms with van der Waals surface area (Å²) in [6.07, 6.45) is 1.04. The van der Waals surface area contributed by atoms with Gasteiger partial charge in [0.2, 0.25) is 0 Å². The lowest BCUT2D eigenvalue weighted by atomic mass is 9.75. The fraction of sp³-hybridized carbons (Fsp3) is 0.429. The Labute approximate surface area is 151 Å². The Hall–Kier alpha value is -1.78. The number of hydrogen-bond acceptors (Lipinski definition) is 3. The molecule has 0 aliphatic carbocycles. The molecule has 3 nitrogen and oxygen atoms in total. The number of fused-ring (bicyclic) bond motifs is 1. The van der Waals surface area contributed by atoms with Gasteiger partial charge < -0.3 is 14.2 Å². The van der Waals surface area contributed by atoms with Crippen LogP contribution in [0.4, 0.5) is 5.69 Å². The van der Waals surface area contributed by atoms with Crippen LogP contribution in [-0.2, 0) is 22.3 Å². The number of benzene rings is 2. The average molecular weight is 335 g/mol. The van der Waals surface area contributed by atoms with Crippen molar-refractivity contribution in [1.29, 1.82) is 0 Å². The summed E-state index contributed by atoms with van der Waals surface area (Å²) in [5, 5.41) is 0. The minimum atomic E-state index is -0.303. The molecule has 25 heavy (non-hydrogen) atoms. The first-order valence-electron chi connectivity index (χ1n) is 9.14. The van der Waals surface area contributed by atoms with Gasteiger partial charge >= 0.3 is 7.12 Å². The van der Waals surface area contributed by atoms with E-state index in [1.807, 2.05) is 0 Å². The van der Waals surface area contributed by atoms with E-state index in [9.17, 15) is 0 Å². The Balaban J connectivity index is 1.62. The summed E-state index contributed by atoms with van der Waals surface area (Å²) in [6.45, 7) is 10.4. The van der Waals surface area contributed by atoms with Crippen molar-refractivity contribution in [3.05, 3.63) is 59.7 Å². The van der Waals surface area contributed by atoms with E-state index >= 15 is 0 Å². The first kappa shape index (κ1) is 16.7. The average Bonchev–Trinajstić information content (AvgIpc) is 3.06. The molecule has 0 unspecified atom stereocenters. The monoisotopic (exact) mass is 335 g/mol. The van der Waals surface area contributed by atoms with Gasteiger partial charge in [0, 0.05) is 18.8 Å². The summed E-state index contributed by atoms with van der Waals surface area (Å²) in [5.41, 5.74) is 4.61. The highest BCUT2D eigenvalue weighted by Gasteiger charge is 2.52. The lowest BCUT2D eigenvalue weighted by Gasteiger charge is -2.32. The maximum Gasteiger partial charge on any atom is 0.495 e. The van der Waals surface area contributed by atoms with Crippen LogP contribution in [0.5, 0.6) is 0 Å². The lowest BCUT2D eigenvalue weighted by Crippen LogP contribution is -2.41. The molecule has 0 amide bonds. The van der Waals surface area contributed by atoms with Gasteiger partial charge in [0.1, 0.15) is 0 Å². The molecule has 1 saturated heterocycles. The molecule has 0 bridgehead atoms. The van der Waals surface area contributed by atoms with E-state index in [4.69, 9.17) is 9.31 Å². The zero-order valence-corrected chi connectivity index (χ0v) is 15.6. The van der Waals surface area contributed by atoms with E-state index in [1.165, 1.54) is 22.3 Å². The molecule has 4 heteroatoms. The third-order valence-corrected chi connectivity index (χ3v) is 5.88. The molecular weight excluding hydrogens is 309 g/mol. The van der Waals surface area contributed by atoms with Gasteiger partial charge in [0.25, 0.3) is 0 Å². The van der Waals surface area contributed by atoms with Crippen LogP contribution in [0.3, 0.4) is 0 Å². The van der Waals surface area contributed by atoms with E-state index in [2.05, 4.69) is 81.1 Å². The molecule has 0 N–H and O–H groups in total. The molecule has 2 aromatic rings. The standard InChI is InChI=1S/C21H26BNO2/c1-20(2)21(3,4)25-22(24-20)18-11-8-12-19-17(18)13-14-23(19)15-16-9-6-5-7-10-16/h5-12H,13-15H2,1-4H3. The van der Waals surface area contributed by atoms with Crippen molar-refractivity contribution >= 4 is 18.3 Å². The van der Waals surface area contributed by atoms with Crippen LogP contribution < -0.4 is 10.4 Å². The Bertz CT molecular complexity index is 757. The fourth-order valence-corrected chi connectivity index (χ4v) is 3.69. The van der Waals surface area contributed by atoms with E-state index in [0.717, 1.165) is 19.5 Å². The molecule has 4 rings (SSSR count).